The number of nitrogens with two attached hydrogens (primary N) is 1. The maximum Gasteiger partial charge on any atom is 0.342 e. The lowest BCUT2D eigenvalue weighted by molar-refractivity contribution is 0.0471. The number of ether oxygens (including phenoxy) is 2. The van der Waals surface area contributed by atoms with E-state index in [2.05, 4.69) is 70.0 Å². The fourth-order valence-electron chi connectivity index (χ4n) is 2.49. The van der Waals surface area contributed by atoms with Gasteiger partial charge in [0.2, 0.25) is 12.2 Å². The molecule has 0 fully saturated rings. The van der Waals surface area contributed by atoms with Gasteiger partial charge in [0.05, 0.1) is 14.5 Å². The summed E-state index contributed by atoms with van der Waals surface area (Å²) in [6.07, 6.45) is -1.84. The highest BCUT2D eigenvalue weighted by Gasteiger charge is 2.20. The van der Waals surface area contributed by atoms with Crippen LogP contribution in [0.15, 0.2) is 18.2 Å². The van der Waals surface area contributed by atoms with E-state index in [-0.39, 0.29) is 36.5 Å². The largest absolute Gasteiger partial charge is 0.433 e. The van der Waals surface area contributed by atoms with Gasteiger partial charge in [0.1, 0.15) is 0 Å². The molecule has 1 rings (SSSR count). The number of hydrogen-bond acceptors (Lipinski definition) is 5. The van der Waals surface area contributed by atoms with Crippen LogP contribution in [0.4, 0.5) is 5.69 Å². The van der Waals surface area contributed by atoms with E-state index in [0.717, 1.165) is 0 Å². The highest BCUT2D eigenvalue weighted by Crippen LogP contribution is 2.19. The second-order valence-electron chi connectivity index (χ2n) is 12.7. The van der Waals surface area contributed by atoms with Gasteiger partial charge in [-0.25, -0.2) is 9.59 Å². The Labute approximate surface area is 248 Å². The summed E-state index contributed by atoms with van der Waals surface area (Å²) in [5, 5.41) is 0. The number of rotatable bonds is 4. The molecule has 5 nitrogen and oxygen atoms in total. The van der Waals surface area contributed by atoms with E-state index in [1.54, 1.807) is 0 Å². The fraction of sp³-hybridized carbons (Fsp3) is 0.515. The minimum atomic E-state index is -0.928. The number of carbonyl (C=O) groups is 2. The number of esters is 2. The molecule has 0 saturated heterocycles. The lowest BCUT2D eigenvalue weighted by Crippen LogP contribution is -2.19. The molecule has 0 bridgehead atoms. The molecule has 1 aromatic rings. The van der Waals surface area contributed by atoms with E-state index < -0.39 is 24.1 Å². The number of carbonyl (C=O) groups excluding carboxylic acids is 2. The third-order valence-electron chi connectivity index (χ3n) is 4.19. The van der Waals surface area contributed by atoms with Gasteiger partial charge in [-0.1, -0.05) is 46.3 Å². The second kappa shape index (κ2) is 13.3. The first-order valence-corrected chi connectivity index (χ1v) is 13.7. The van der Waals surface area contributed by atoms with E-state index >= 15 is 0 Å². The first-order valence-electron chi connectivity index (χ1n) is 12.7. The zero-order valence-electron chi connectivity index (χ0n) is 25.0. The highest BCUT2D eigenvalue weighted by atomic mass is 127. The molecule has 6 heteroatoms. The molecule has 0 aliphatic heterocycles. The van der Waals surface area contributed by atoms with Gasteiger partial charge >= 0.3 is 11.9 Å². The predicted molar refractivity (Wildman–Crippen MR) is 167 cm³/mol. The van der Waals surface area contributed by atoms with E-state index in [4.69, 9.17) is 15.2 Å². The maximum atomic E-state index is 13.0. The van der Waals surface area contributed by atoms with Crippen molar-refractivity contribution < 1.29 is 19.1 Å². The van der Waals surface area contributed by atoms with Crippen molar-refractivity contribution in [3.8, 4) is 47.4 Å². The van der Waals surface area contributed by atoms with Crippen molar-refractivity contribution in [2.24, 2.45) is 16.2 Å². The lowest BCUT2D eigenvalue weighted by atomic mass is 9.96. The van der Waals surface area contributed by atoms with Crippen LogP contribution in [-0.2, 0) is 9.47 Å². The topological polar surface area (TPSA) is 78.6 Å². The maximum absolute atomic E-state index is 13.0. The number of hydrogen-bond donors (Lipinski definition) is 1. The Balaban J connectivity index is 3.23. The van der Waals surface area contributed by atoms with Gasteiger partial charge in [-0.2, -0.15) is 0 Å². The third-order valence-corrected chi connectivity index (χ3v) is 4.46. The van der Waals surface area contributed by atoms with Crippen molar-refractivity contribution in [1.29, 1.82) is 0 Å². The molecule has 39 heavy (non-hydrogen) atoms. The molecule has 0 aromatic heterocycles. The molecule has 0 saturated carbocycles. The van der Waals surface area contributed by atoms with E-state index in [0.29, 0.717) is 0 Å². The van der Waals surface area contributed by atoms with Crippen LogP contribution in [-0.4, -0.2) is 27.6 Å². The van der Waals surface area contributed by atoms with Crippen LogP contribution in [0.1, 0.15) is 96.9 Å². The van der Waals surface area contributed by atoms with Crippen LogP contribution in [0.25, 0.3) is 0 Å². The summed E-state index contributed by atoms with van der Waals surface area (Å²) >= 11 is 2.20. The molecule has 0 aliphatic rings. The van der Waals surface area contributed by atoms with Gasteiger partial charge in [0.15, 0.2) is 0 Å². The number of anilines is 1. The smallest absolute Gasteiger partial charge is 0.342 e. The average Bonchev–Trinajstić information content (AvgIpc) is 2.74. The van der Waals surface area contributed by atoms with Crippen molar-refractivity contribution in [3.05, 3.63) is 29.3 Å². The number of halogens is 1. The molecule has 1 atom stereocenters. The van der Waals surface area contributed by atoms with Crippen LogP contribution >= 0.6 is 22.6 Å². The van der Waals surface area contributed by atoms with Crippen LogP contribution in [0.2, 0.25) is 0 Å². The number of nitrogen functional groups attached to an aromatic ring is 1. The van der Waals surface area contributed by atoms with E-state index in [9.17, 15) is 9.59 Å². The van der Waals surface area contributed by atoms with Crippen LogP contribution in [0, 0.1) is 63.6 Å². The lowest BCUT2D eigenvalue weighted by Gasteiger charge is -2.14. The molecule has 0 spiro atoms. The zero-order chi connectivity index (χ0) is 30.2. The number of benzene rings is 1. The summed E-state index contributed by atoms with van der Waals surface area (Å²) in [4.78, 5) is 25.9. The fourth-order valence-corrected chi connectivity index (χ4v) is 2.65. The van der Waals surface area contributed by atoms with Gasteiger partial charge in [0, 0.05) is 21.9 Å². The zero-order valence-corrected chi connectivity index (χ0v) is 27.1. The van der Waals surface area contributed by atoms with E-state index in [1.165, 1.54) is 18.2 Å². The molecular formula is C33H40INO4. The molecular weight excluding hydrogens is 601 g/mol. The summed E-state index contributed by atoms with van der Waals surface area (Å²) in [7, 11) is 0. The molecule has 1 unspecified atom stereocenters. The SMILES string of the molecule is CC(C)(C)C#CC(C#CC(C)(C)I)OC(=O)c1ccc(C(=O)OC(C#CC(C)(C)C)C#CC(C)(C)C)c(N)c1. The monoisotopic (exact) mass is 641 g/mol. The molecule has 2 N–H and O–H groups in total. The van der Waals surface area contributed by atoms with Crippen molar-refractivity contribution >= 4 is 40.2 Å². The molecule has 1 aromatic carbocycles. The highest BCUT2D eigenvalue weighted by molar-refractivity contribution is 14.1. The van der Waals surface area contributed by atoms with Gasteiger partial charge in [0.25, 0.3) is 0 Å². The third kappa shape index (κ3) is 15.2. The number of alkyl halides is 1. The Hall–Kier alpha value is -3.07. The van der Waals surface area contributed by atoms with Crippen molar-refractivity contribution in [2.75, 3.05) is 5.73 Å². The average molecular weight is 642 g/mol. The van der Waals surface area contributed by atoms with Gasteiger partial charge in [-0.3, -0.25) is 0 Å². The Morgan fingerprint density at radius 1 is 0.692 bits per heavy atom. The molecule has 0 aliphatic carbocycles. The molecule has 0 amide bonds. The second-order valence-corrected chi connectivity index (χ2v) is 15.4. The normalized spacial score (nSPS) is 12.2. The Morgan fingerprint density at radius 3 is 1.44 bits per heavy atom. The molecule has 0 heterocycles. The quantitative estimate of drug-likeness (QED) is 0.130. The van der Waals surface area contributed by atoms with Gasteiger partial charge in [-0.05, 0) is 118 Å². The minimum Gasteiger partial charge on any atom is -0.433 e. The Bertz CT molecular complexity index is 1250. The van der Waals surface area contributed by atoms with Gasteiger partial charge in [-0.15, -0.1) is 0 Å². The minimum absolute atomic E-state index is 0.0672. The Kier molecular flexibility index (Phi) is 11.6. The van der Waals surface area contributed by atoms with E-state index in [1.807, 2.05) is 76.2 Å². The van der Waals surface area contributed by atoms with Crippen LogP contribution < -0.4 is 5.73 Å². The summed E-state index contributed by atoms with van der Waals surface area (Å²) in [5.41, 5.74) is 5.61. The molecule has 0 radical (unpaired) electrons. The standard InChI is InChI=1S/C33H40INO4/c1-30(2,3)18-14-24(15-19-31(4,5)6)39-29(37)26-13-12-23(22-27(26)35)28(36)38-25(16-20-32(7,8)9)17-21-33(10,11)34/h12-13,22,24-25H,35H2,1-11H3. The summed E-state index contributed by atoms with van der Waals surface area (Å²) in [5.74, 6) is 22.7. The van der Waals surface area contributed by atoms with Crippen LogP contribution in [0.5, 0.6) is 0 Å². The van der Waals surface area contributed by atoms with Crippen molar-refractivity contribution in [2.45, 2.75) is 91.8 Å². The first kappa shape index (κ1) is 34.0. The van der Waals surface area contributed by atoms with Crippen molar-refractivity contribution in [1.82, 2.24) is 0 Å². The summed E-state index contributed by atoms with van der Waals surface area (Å²) in [6, 6.07) is 4.25. The molecule has 208 valence electrons. The Morgan fingerprint density at radius 2 is 1.08 bits per heavy atom. The van der Waals surface area contributed by atoms with Gasteiger partial charge < -0.3 is 15.2 Å². The first-order chi connectivity index (χ1) is 17.5. The summed E-state index contributed by atoms with van der Waals surface area (Å²) in [6.45, 7) is 21.5. The van der Waals surface area contributed by atoms with Crippen LogP contribution in [0.3, 0.4) is 0 Å². The van der Waals surface area contributed by atoms with Crippen molar-refractivity contribution in [3.63, 3.8) is 0 Å². The predicted octanol–water partition coefficient (Wildman–Crippen LogP) is 6.69. The summed E-state index contributed by atoms with van der Waals surface area (Å²) < 4.78 is 10.8.